The summed E-state index contributed by atoms with van der Waals surface area (Å²) in [4.78, 5) is 11.9. The molecular weight excluding hydrogens is 414 g/mol. The first-order chi connectivity index (χ1) is 11.3. The molecule has 0 unspecified atom stereocenters. The van der Waals surface area contributed by atoms with Crippen LogP contribution in [-0.2, 0) is 6.61 Å². The number of carbonyl (C=O) groups is 1. The Balaban J connectivity index is 2.17. The zero-order valence-corrected chi connectivity index (χ0v) is 15.7. The summed E-state index contributed by atoms with van der Waals surface area (Å²) in [6.45, 7) is 0.175. The third-order valence-corrected chi connectivity index (χ3v) is 4.27. The fraction of sp³-hybridized carbons (Fsp3) is 0.0667. The van der Waals surface area contributed by atoms with Gasteiger partial charge in [-0.3, -0.25) is 10.1 Å². The second-order valence-electron chi connectivity index (χ2n) is 4.62. The molecule has 0 aliphatic rings. The number of carbonyl (C=O) groups excluding carboxylic acids is 1. The standard InChI is InChI=1S/C15H10Cl4N2O2S/c16-9-2-1-7(3-10(9)17)6-23-13-11(18)4-8(5-12(13)19)14(22)21-15(20)24/h1-5H,6H2,(H3,20,21,22,24). The zero-order chi connectivity index (χ0) is 17.9. The summed E-state index contributed by atoms with van der Waals surface area (Å²) in [6, 6.07) is 7.92. The minimum Gasteiger partial charge on any atom is -0.486 e. The van der Waals surface area contributed by atoms with Crippen LogP contribution in [0.5, 0.6) is 5.75 Å². The van der Waals surface area contributed by atoms with Crippen LogP contribution in [0.1, 0.15) is 15.9 Å². The number of benzene rings is 2. The van der Waals surface area contributed by atoms with E-state index in [0.29, 0.717) is 10.0 Å². The molecule has 1 amide bonds. The number of hydrogen-bond donors (Lipinski definition) is 2. The van der Waals surface area contributed by atoms with Crippen LogP contribution >= 0.6 is 58.6 Å². The molecule has 0 fully saturated rings. The average molecular weight is 424 g/mol. The third kappa shape index (κ3) is 4.88. The van der Waals surface area contributed by atoms with Crippen molar-refractivity contribution in [3.63, 3.8) is 0 Å². The smallest absolute Gasteiger partial charge is 0.257 e. The Labute approximate surface area is 163 Å². The first-order valence-electron chi connectivity index (χ1n) is 6.44. The van der Waals surface area contributed by atoms with Crippen LogP contribution in [-0.4, -0.2) is 11.0 Å². The van der Waals surface area contributed by atoms with Crippen LogP contribution in [0.15, 0.2) is 30.3 Å². The van der Waals surface area contributed by atoms with Crippen molar-refractivity contribution in [2.24, 2.45) is 5.73 Å². The molecule has 0 spiro atoms. The van der Waals surface area contributed by atoms with Crippen LogP contribution in [0.25, 0.3) is 0 Å². The lowest BCUT2D eigenvalue weighted by atomic mass is 10.2. The van der Waals surface area contributed by atoms with Gasteiger partial charge < -0.3 is 10.5 Å². The monoisotopic (exact) mass is 422 g/mol. The van der Waals surface area contributed by atoms with Gasteiger partial charge in [-0.15, -0.1) is 0 Å². The normalized spacial score (nSPS) is 10.3. The van der Waals surface area contributed by atoms with Crippen LogP contribution in [0.3, 0.4) is 0 Å². The number of ether oxygens (including phenoxy) is 1. The minimum atomic E-state index is -0.512. The van der Waals surface area contributed by atoms with Gasteiger partial charge in [-0.05, 0) is 42.0 Å². The molecule has 9 heteroatoms. The number of thiocarbonyl (C=S) groups is 1. The molecule has 0 saturated carbocycles. The van der Waals surface area contributed by atoms with Gasteiger partial charge in [-0.1, -0.05) is 52.5 Å². The SMILES string of the molecule is NC(=S)NC(=O)c1cc(Cl)c(OCc2ccc(Cl)c(Cl)c2)c(Cl)c1. The van der Waals surface area contributed by atoms with Gasteiger partial charge in [0.15, 0.2) is 10.9 Å². The van der Waals surface area contributed by atoms with Crippen LogP contribution < -0.4 is 15.8 Å². The van der Waals surface area contributed by atoms with Crippen molar-refractivity contribution < 1.29 is 9.53 Å². The van der Waals surface area contributed by atoms with Crippen molar-refractivity contribution in [3.8, 4) is 5.75 Å². The lowest BCUT2D eigenvalue weighted by Crippen LogP contribution is -2.34. The van der Waals surface area contributed by atoms with Gasteiger partial charge >= 0.3 is 0 Å². The molecule has 0 aliphatic carbocycles. The summed E-state index contributed by atoms with van der Waals surface area (Å²) in [5.74, 6) is -0.265. The Morgan fingerprint density at radius 1 is 1.04 bits per heavy atom. The number of nitrogens with two attached hydrogens (primary N) is 1. The average Bonchev–Trinajstić information content (AvgIpc) is 2.49. The maximum atomic E-state index is 11.9. The van der Waals surface area contributed by atoms with Gasteiger partial charge in [0.2, 0.25) is 0 Å². The quantitative estimate of drug-likeness (QED) is 0.689. The number of hydrogen-bond acceptors (Lipinski definition) is 3. The van der Waals surface area contributed by atoms with Gasteiger partial charge in [0.05, 0.1) is 20.1 Å². The summed E-state index contributed by atoms with van der Waals surface area (Å²) >= 11 is 28.7. The molecule has 2 aromatic carbocycles. The fourth-order valence-electron chi connectivity index (χ4n) is 1.80. The van der Waals surface area contributed by atoms with E-state index in [1.807, 2.05) is 0 Å². The van der Waals surface area contributed by atoms with E-state index in [4.69, 9.17) is 56.9 Å². The van der Waals surface area contributed by atoms with Crippen molar-refractivity contribution >= 4 is 69.6 Å². The molecule has 3 N–H and O–H groups in total. The molecule has 0 aliphatic heterocycles. The molecule has 0 aromatic heterocycles. The summed E-state index contributed by atoms with van der Waals surface area (Å²) < 4.78 is 5.62. The first-order valence-corrected chi connectivity index (χ1v) is 8.36. The molecule has 2 aromatic rings. The molecule has 0 bridgehead atoms. The highest BCUT2D eigenvalue weighted by Gasteiger charge is 2.15. The van der Waals surface area contributed by atoms with Crippen molar-refractivity contribution in [1.82, 2.24) is 5.32 Å². The Morgan fingerprint density at radius 2 is 1.67 bits per heavy atom. The van der Waals surface area contributed by atoms with E-state index in [1.165, 1.54) is 12.1 Å². The third-order valence-electron chi connectivity index (χ3n) is 2.86. The Kier molecular flexibility index (Phi) is 6.54. The van der Waals surface area contributed by atoms with E-state index in [-0.39, 0.29) is 33.1 Å². The molecule has 24 heavy (non-hydrogen) atoms. The van der Waals surface area contributed by atoms with Gasteiger partial charge in [-0.25, -0.2) is 0 Å². The molecule has 0 saturated heterocycles. The Morgan fingerprint density at radius 3 is 2.21 bits per heavy atom. The number of rotatable bonds is 4. The van der Waals surface area contributed by atoms with Crippen LogP contribution in [0.4, 0.5) is 0 Å². The van der Waals surface area contributed by atoms with E-state index in [9.17, 15) is 4.79 Å². The highest BCUT2D eigenvalue weighted by atomic mass is 35.5. The van der Waals surface area contributed by atoms with E-state index < -0.39 is 5.91 Å². The van der Waals surface area contributed by atoms with Gasteiger partial charge in [-0.2, -0.15) is 0 Å². The zero-order valence-electron chi connectivity index (χ0n) is 11.9. The van der Waals surface area contributed by atoms with Crippen molar-refractivity contribution in [2.45, 2.75) is 6.61 Å². The predicted molar refractivity (Wildman–Crippen MR) is 102 cm³/mol. The summed E-state index contributed by atoms with van der Waals surface area (Å²) in [5.41, 5.74) is 6.25. The molecule has 0 atom stereocenters. The molecule has 4 nitrogen and oxygen atoms in total. The van der Waals surface area contributed by atoms with Gasteiger partial charge in [0.1, 0.15) is 6.61 Å². The van der Waals surface area contributed by atoms with E-state index in [2.05, 4.69) is 17.5 Å². The second-order valence-corrected chi connectivity index (χ2v) is 6.69. The summed E-state index contributed by atoms with van der Waals surface area (Å²) in [5, 5.41) is 3.36. The highest BCUT2D eigenvalue weighted by Crippen LogP contribution is 2.35. The van der Waals surface area contributed by atoms with Crippen molar-refractivity contribution in [3.05, 3.63) is 61.5 Å². The largest absolute Gasteiger partial charge is 0.486 e. The topological polar surface area (TPSA) is 64.3 Å². The van der Waals surface area contributed by atoms with Gasteiger partial charge in [0.25, 0.3) is 5.91 Å². The van der Waals surface area contributed by atoms with E-state index in [1.54, 1.807) is 18.2 Å². The first kappa shape index (κ1) is 19.1. The van der Waals surface area contributed by atoms with E-state index in [0.717, 1.165) is 5.56 Å². The highest BCUT2D eigenvalue weighted by molar-refractivity contribution is 7.80. The molecule has 0 heterocycles. The summed E-state index contributed by atoms with van der Waals surface area (Å²) in [7, 11) is 0. The molecular formula is C15H10Cl4N2O2S. The molecule has 126 valence electrons. The molecule has 2 rings (SSSR count). The number of halogens is 4. The van der Waals surface area contributed by atoms with Crippen LogP contribution in [0.2, 0.25) is 20.1 Å². The lowest BCUT2D eigenvalue weighted by molar-refractivity contribution is 0.0977. The van der Waals surface area contributed by atoms with Crippen molar-refractivity contribution in [1.29, 1.82) is 0 Å². The number of amides is 1. The minimum absolute atomic E-state index is 0.146. The predicted octanol–water partition coefficient (Wildman–Crippen LogP) is 4.85. The molecule has 0 radical (unpaired) electrons. The Bertz CT molecular complexity index is 791. The van der Waals surface area contributed by atoms with Gasteiger partial charge in [0, 0.05) is 5.56 Å². The van der Waals surface area contributed by atoms with Crippen LogP contribution in [0, 0.1) is 0 Å². The maximum Gasteiger partial charge on any atom is 0.257 e. The fourth-order valence-corrected chi connectivity index (χ4v) is 2.81. The second kappa shape index (κ2) is 8.23. The van der Waals surface area contributed by atoms with Crippen molar-refractivity contribution in [2.75, 3.05) is 0 Å². The maximum absolute atomic E-state index is 11.9. The Hall–Kier alpha value is -1.24. The lowest BCUT2D eigenvalue weighted by Gasteiger charge is -2.12. The number of nitrogens with one attached hydrogen (secondary N) is 1. The van der Waals surface area contributed by atoms with E-state index >= 15 is 0 Å². The summed E-state index contributed by atoms with van der Waals surface area (Å²) in [6.07, 6.45) is 0.